The highest BCUT2D eigenvalue weighted by atomic mass is 19.3. The molecule has 0 bridgehead atoms. The molecule has 130 valence electrons. The fourth-order valence-corrected chi connectivity index (χ4v) is 2.26. The van der Waals surface area contributed by atoms with Crippen LogP contribution in [0.15, 0.2) is 48.5 Å². The second-order valence-corrected chi connectivity index (χ2v) is 5.67. The lowest BCUT2D eigenvalue weighted by molar-refractivity contribution is -0.117. The van der Waals surface area contributed by atoms with Gasteiger partial charge in [0.2, 0.25) is 5.91 Å². The van der Waals surface area contributed by atoms with Crippen LogP contribution in [0.5, 0.6) is 5.75 Å². The van der Waals surface area contributed by atoms with Crippen LogP contribution in [0.25, 0.3) is 0 Å². The van der Waals surface area contributed by atoms with Crippen LogP contribution in [0, 0.1) is 5.92 Å². The topological polar surface area (TPSA) is 67.4 Å². The van der Waals surface area contributed by atoms with E-state index in [2.05, 4.69) is 15.4 Å². The molecule has 0 spiro atoms. The van der Waals surface area contributed by atoms with E-state index in [4.69, 9.17) is 0 Å². The minimum absolute atomic E-state index is 0.0183. The van der Waals surface area contributed by atoms with Crippen molar-refractivity contribution >= 4 is 23.2 Å². The van der Waals surface area contributed by atoms with E-state index in [0.717, 1.165) is 12.8 Å². The fourth-order valence-electron chi connectivity index (χ4n) is 2.26. The third-order valence-electron chi connectivity index (χ3n) is 3.71. The van der Waals surface area contributed by atoms with E-state index >= 15 is 0 Å². The van der Waals surface area contributed by atoms with Crippen molar-refractivity contribution in [2.45, 2.75) is 19.5 Å². The van der Waals surface area contributed by atoms with Gasteiger partial charge in [0.25, 0.3) is 5.91 Å². The Hall–Kier alpha value is -2.96. The Morgan fingerprint density at radius 1 is 1.00 bits per heavy atom. The summed E-state index contributed by atoms with van der Waals surface area (Å²) in [6.45, 7) is -2.98. The average Bonchev–Trinajstić information content (AvgIpc) is 3.42. The first-order chi connectivity index (χ1) is 12.0. The number of ether oxygens (including phenoxy) is 1. The van der Waals surface area contributed by atoms with Gasteiger partial charge in [-0.05, 0) is 49.2 Å². The van der Waals surface area contributed by atoms with Crippen LogP contribution in [0.4, 0.5) is 20.2 Å². The Morgan fingerprint density at radius 3 is 2.32 bits per heavy atom. The predicted molar refractivity (Wildman–Crippen MR) is 88.8 cm³/mol. The second kappa shape index (κ2) is 7.29. The number of para-hydroxylation sites is 2. The summed E-state index contributed by atoms with van der Waals surface area (Å²) in [4.78, 5) is 24.0. The first-order valence-electron chi connectivity index (χ1n) is 7.79. The summed E-state index contributed by atoms with van der Waals surface area (Å²) >= 11 is 0. The van der Waals surface area contributed by atoms with Gasteiger partial charge in [0.05, 0.1) is 5.69 Å². The lowest BCUT2D eigenvalue weighted by Crippen LogP contribution is -2.15. The molecular weight excluding hydrogens is 330 g/mol. The molecule has 0 unspecified atom stereocenters. The van der Waals surface area contributed by atoms with Gasteiger partial charge in [0.1, 0.15) is 5.75 Å². The van der Waals surface area contributed by atoms with Gasteiger partial charge in [0.15, 0.2) is 0 Å². The SMILES string of the molecule is O=C(Nc1ccccc1OC(F)F)c1ccc(NC(=O)C2CC2)cc1. The molecule has 0 radical (unpaired) electrons. The Balaban J connectivity index is 1.66. The first kappa shape index (κ1) is 16.9. The summed E-state index contributed by atoms with van der Waals surface area (Å²) in [7, 11) is 0. The zero-order valence-electron chi connectivity index (χ0n) is 13.2. The summed E-state index contributed by atoms with van der Waals surface area (Å²) in [5.41, 5.74) is 1.09. The Labute approximate surface area is 143 Å². The summed E-state index contributed by atoms with van der Waals surface area (Å²) in [5, 5.41) is 5.31. The molecule has 0 aliphatic heterocycles. The number of amides is 2. The van der Waals surface area contributed by atoms with Crippen LogP contribution in [0.1, 0.15) is 23.2 Å². The van der Waals surface area contributed by atoms with Gasteiger partial charge in [-0.2, -0.15) is 8.78 Å². The van der Waals surface area contributed by atoms with E-state index in [-0.39, 0.29) is 23.3 Å². The van der Waals surface area contributed by atoms with E-state index < -0.39 is 12.5 Å². The number of alkyl halides is 2. The van der Waals surface area contributed by atoms with Crippen molar-refractivity contribution in [1.29, 1.82) is 0 Å². The van der Waals surface area contributed by atoms with Crippen molar-refractivity contribution in [3.05, 3.63) is 54.1 Å². The number of nitrogens with one attached hydrogen (secondary N) is 2. The maximum atomic E-state index is 12.4. The quantitative estimate of drug-likeness (QED) is 0.834. The molecule has 2 N–H and O–H groups in total. The number of carbonyl (C=O) groups excluding carboxylic acids is 2. The summed E-state index contributed by atoms with van der Waals surface area (Å²) in [6, 6.07) is 12.3. The standard InChI is InChI=1S/C18H16F2N2O3/c19-18(20)25-15-4-2-1-3-14(15)22-17(24)12-7-9-13(10-8-12)21-16(23)11-5-6-11/h1-4,7-11,18H,5-6H2,(H,21,23)(H,22,24). The molecule has 7 heteroatoms. The molecule has 1 fully saturated rings. The summed E-state index contributed by atoms with van der Waals surface area (Å²) < 4.78 is 29.2. The van der Waals surface area contributed by atoms with E-state index in [1.807, 2.05) is 0 Å². The Morgan fingerprint density at radius 2 is 1.68 bits per heavy atom. The monoisotopic (exact) mass is 346 g/mol. The lowest BCUT2D eigenvalue weighted by Gasteiger charge is -2.12. The fraction of sp³-hybridized carbons (Fsp3) is 0.222. The third kappa shape index (κ3) is 4.53. The molecule has 0 aromatic heterocycles. The smallest absolute Gasteiger partial charge is 0.387 e. The highest BCUT2D eigenvalue weighted by molar-refractivity contribution is 6.05. The van der Waals surface area contributed by atoms with Crippen LogP contribution in [-0.4, -0.2) is 18.4 Å². The zero-order valence-corrected chi connectivity index (χ0v) is 13.2. The van der Waals surface area contributed by atoms with E-state index in [0.29, 0.717) is 11.3 Å². The molecule has 2 aromatic carbocycles. The number of hydrogen-bond acceptors (Lipinski definition) is 3. The highest BCUT2D eigenvalue weighted by Gasteiger charge is 2.29. The van der Waals surface area contributed by atoms with E-state index in [1.165, 1.54) is 18.2 Å². The minimum atomic E-state index is -2.98. The van der Waals surface area contributed by atoms with Crippen LogP contribution in [0.3, 0.4) is 0 Å². The van der Waals surface area contributed by atoms with Crippen molar-refractivity contribution < 1.29 is 23.1 Å². The number of carbonyl (C=O) groups is 2. The van der Waals surface area contributed by atoms with Crippen LogP contribution >= 0.6 is 0 Å². The Kier molecular flexibility index (Phi) is 4.92. The number of benzene rings is 2. The maximum Gasteiger partial charge on any atom is 0.387 e. The van der Waals surface area contributed by atoms with Gasteiger partial charge in [-0.3, -0.25) is 9.59 Å². The van der Waals surface area contributed by atoms with Gasteiger partial charge >= 0.3 is 6.61 Å². The molecule has 0 heterocycles. The van der Waals surface area contributed by atoms with Crippen molar-refractivity contribution in [1.82, 2.24) is 0 Å². The second-order valence-electron chi connectivity index (χ2n) is 5.67. The van der Waals surface area contributed by atoms with Gasteiger partial charge in [-0.15, -0.1) is 0 Å². The highest BCUT2D eigenvalue weighted by Crippen LogP contribution is 2.30. The molecular formula is C18H16F2N2O3. The normalized spacial score (nSPS) is 13.4. The molecule has 1 saturated carbocycles. The molecule has 0 atom stereocenters. The zero-order chi connectivity index (χ0) is 17.8. The number of hydrogen-bond donors (Lipinski definition) is 2. The largest absolute Gasteiger partial charge is 0.433 e. The van der Waals surface area contributed by atoms with E-state index in [1.54, 1.807) is 30.3 Å². The molecule has 25 heavy (non-hydrogen) atoms. The maximum absolute atomic E-state index is 12.4. The molecule has 2 aromatic rings. The number of halogens is 2. The number of anilines is 2. The Bertz CT molecular complexity index is 774. The first-order valence-corrected chi connectivity index (χ1v) is 7.79. The molecule has 2 amide bonds. The molecule has 5 nitrogen and oxygen atoms in total. The van der Waals surface area contributed by atoms with Crippen LogP contribution in [-0.2, 0) is 4.79 Å². The molecule has 1 aliphatic carbocycles. The van der Waals surface area contributed by atoms with Gasteiger partial charge in [0, 0.05) is 17.2 Å². The van der Waals surface area contributed by atoms with Gasteiger partial charge in [-0.25, -0.2) is 0 Å². The third-order valence-corrected chi connectivity index (χ3v) is 3.71. The predicted octanol–water partition coefficient (Wildman–Crippen LogP) is 3.89. The van der Waals surface area contributed by atoms with Crippen LogP contribution in [0.2, 0.25) is 0 Å². The van der Waals surface area contributed by atoms with Crippen molar-refractivity contribution in [3.63, 3.8) is 0 Å². The van der Waals surface area contributed by atoms with Crippen molar-refractivity contribution in [2.75, 3.05) is 10.6 Å². The van der Waals surface area contributed by atoms with Crippen LogP contribution < -0.4 is 15.4 Å². The summed E-state index contributed by atoms with van der Waals surface area (Å²) in [6.07, 6.45) is 1.82. The van der Waals surface area contributed by atoms with Gasteiger partial charge < -0.3 is 15.4 Å². The molecule has 1 aliphatic rings. The average molecular weight is 346 g/mol. The van der Waals surface area contributed by atoms with Crippen molar-refractivity contribution in [2.24, 2.45) is 5.92 Å². The number of rotatable bonds is 6. The van der Waals surface area contributed by atoms with Crippen molar-refractivity contribution in [3.8, 4) is 5.75 Å². The van der Waals surface area contributed by atoms with Gasteiger partial charge in [-0.1, -0.05) is 12.1 Å². The molecule has 0 saturated heterocycles. The van der Waals surface area contributed by atoms with E-state index in [9.17, 15) is 18.4 Å². The molecule has 3 rings (SSSR count). The lowest BCUT2D eigenvalue weighted by atomic mass is 10.2. The minimum Gasteiger partial charge on any atom is -0.433 e. The summed E-state index contributed by atoms with van der Waals surface area (Å²) in [5.74, 6) is -0.505.